The average Bonchev–Trinajstić information content (AvgIpc) is 2.04. The Labute approximate surface area is 89.8 Å². The topological polar surface area (TPSA) is 43.1 Å². The van der Waals surface area contributed by atoms with Crippen molar-refractivity contribution in [2.75, 3.05) is 0 Å². The molecule has 0 aromatic heterocycles. The Morgan fingerprint density at radius 3 is 2.46 bits per heavy atom. The molecule has 68 valence electrons. The number of nitro groups is 1. The summed E-state index contributed by atoms with van der Waals surface area (Å²) < 4.78 is 0.641. The molecule has 0 N–H and O–H groups in total. The van der Waals surface area contributed by atoms with E-state index in [1.807, 2.05) is 53.8 Å². The van der Waals surface area contributed by atoms with Crippen LogP contribution in [0.3, 0.4) is 0 Å². The van der Waals surface area contributed by atoms with Crippen molar-refractivity contribution in [2.24, 2.45) is 0 Å². The van der Waals surface area contributed by atoms with Gasteiger partial charge in [-0.3, -0.25) is 10.1 Å². The van der Waals surface area contributed by atoms with E-state index in [9.17, 15) is 10.1 Å². The molecule has 0 fully saturated rings. The third-order valence-electron chi connectivity index (χ3n) is 1.55. The van der Waals surface area contributed by atoms with Crippen LogP contribution in [-0.4, -0.2) is 4.92 Å². The van der Waals surface area contributed by atoms with E-state index in [-0.39, 0.29) is 0 Å². The monoisotopic (exact) mass is 289 g/mol. The lowest BCUT2D eigenvalue weighted by atomic mass is 10.1. The van der Waals surface area contributed by atoms with Crippen molar-refractivity contribution < 1.29 is 4.92 Å². The minimum Gasteiger partial charge on any atom is -0.259 e. The molecule has 0 spiro atoms. The molecule has 0 aliphatic rings. The molecule has 13 heavy (non-hydrogen) atoms. The first-order valence-electron chi connectivity index (χ1n) is 3.67. The highest BCUT2D eigenvalue weighted by atomic mass is 127. The normalized spacial score (nSPS) is 11.4. The standard InChI is InChI=1S/C9H8INO2/c1-7-2-4-8(5-3-7)9(10)6-11(12)13/h2-6H,1H3/b9-6-. The molecule has 0 aliphatic heterocycles. The molecule has 3 nitrogen and oxygen atoms in total. The largest absolute Gasteiger partial charge is 0.259 e. The number of halogens is 1. The lowest BCUT2D eigenvalue weighted by Gasteiger charge is -1.96. The summed E-state index contributed by atoms with van der Waals surface area (Å²) in [6, 6.07) is 7.61. The van der Waals surface area contributed by atoms with Crippen molar-refractivity contribution in [2.45, 2.75) is 6.92 Å². The molecule has 0 atom stereocenters. The van der Waals surface area contributed by atoms with E-state index in [1.54, 1.807) is 0 Å². The summed E-state index contributed by atoms with van der Waals surface area (Å²) in [5, 5.41) is 10.2. The summed E-state index contributed by atoms with van der Waals surface area (Å²) in [4.78, 5) is 9.73. The molecule has 0 heterocycles. The number of hydrogen-bond acceptors (Lipinski definition) is 2. The minimum absolute atomic E-state index is 0.443. The smallest absolute Gasteiger partial charge is 0.248 e. The summed E-state index contributed by atoms with van der Waals surface area (Å²) in [6.45, 7) is 1.98. The third kappa shape index (κ3) is 3.14. The summed E-state index contributed by atoms with van der Waals surface area (Å²) in [5.41, 5.74) is 2.02. The average molecular weight is 289 g/mol. The second kappa shape index (κ2) is 4.36. The van der Waals surface area contributed by atoms with Gasteiger partial charge in [0.25, 0.3) is 0 Å². The molecule has 0 saturated carbocycles. The van der Waals surface area contributed by atoms with Crippen molar-refractivity contribution in [3.05, 3.63) is 51.7 Å². The van der Waals surface area contributed by atoms with Gasteiger partial charge in [-0.1, -0.05) is 29.8 Å². The zero-order chi connectivity index (χ0) is 9.84. The van der Waals surface area contributed by atoms with Gasteiger partial charge in [0.1, 0.15) is 0 Å². The molecule has 0 radical (unpaired) electrons. The van der Waals surface area contributed by atoms with Gasteiger partial charge < -0.3 is 0 Å². The van der Waals surface area contributed by atoms with E-state index in [4.69, 9.17) is 0 Å². The minimum atomic E-state index is -0.443. The van der Waals surface area contributed by atoms with Gasteiger partial charge in [0, 0.05) is 0 Å². The van der Waals surface area contributed by atoms with Crippen LogP contribution < -0.4 is 0 Å². The van der Waals surface area contributed by atoms with Gasteiger partial charge in [0.2, 0.25) is 6.20 Å². The SMILES string of the molecule is Cc1ccc(/C(I)=C/[N+](=O)[O-])cc1. The van der Waals surface area contributed by atoms with Crippen LogP contribution in [0.2, 0.25) is 0 Å². The molecule has 0 unspecified atom stereocenters. The maximum atomic E-state index is 10.2. The lowest BCUT2D eigenvalue weighted by Crippen LogP contribution is -1.85. The number of aryl methyl sites for hydroxylation is 1. The number of nitrogens with zero attached hydrogens (tertiary/aromatic N) is 1. The fourth-order valence-electron chi connectivity index (χ4n) is 0.880. The fraction of sp³-hybridized carbons (Fsp3) is 0.111. The molecule has 4 heteroatoms. The maximum Gasteiger partial charge on any atom is 0.248 e. The van der Waals surface area contributed by atoms with Gasteiger partial charge in [-0.05, 0) is 35.1 Å². The zero-order valence-electron chi connectivity index (χ0n) is 7.03. The Morgan fingerprint density at radius 2 is 2.00 bits per heavy atom. The zero-order valence-corrected chi connectivity index (χ0v) is 9.19. The summed E-state index contributed by atoms with van der Waals surface area (Å²) in [5.74, 6) is 0. The van der Waals surface area contributed by atoms with Gasteiger partial charge in [0.05, 0.1) is 8.50 Å². The highest BCUT2D eigenvalue weighted by molar-refractivity contribution is 14.1. The van der Waals surface area contributed by atoms with E-state index >= 15 is 0 Å². The molecule has 1 aromatic rings. The van der Waals surface area contributed by atoms with Crippen molar-refractivity contribution in [3.63, 3.8) is 0 Å². The first kappa shape index (κ1) is 10.2. The van der Waals surface area contributed by atoms with Crippen molar-refractivity contribution in [3.8, 4) is 0 Å². The second-order valence-corrected chi connectivity index (χ2v) is 3.79. The Bertz CT molecular complexity index is 343. The van der Waals surface area contributed by atoms with Crippen LogP contribution in [0.5, 0.6) is 0 Å². The third-order valence-corrected chi connectivity index (χ3v) is 2.45. The van der Waals surface area contributed by atoms with Gasteiger partial charge in [0.15, 0.2) is 0 Å². The Hall–Kier alpha value is -0.910. The predicted molar refractivity (Wildman–Crippen MR) is 60.2 cm³/mol. The molecular formula is C9H8INO2. The molecular weight excluding hydrogens is 281 g/mol. The van der Waals surface area contributed by atoms with Crippen molar-refractivity contribution >= 4 is 26.2 Å². The van der Waals surface area contributed by atoms with Gasteiger partial charge in [-0.15, -0.1) is 0 Å². The van der Waals surface area contributed by atoms with E-state index < -0.39 is 4.92 Å². The van der Waals surface area contributed by atoms with Crippen LogP contribution in [0.25, 0.3) is 3.58 Å². The molecule has 1 aromatic carbocycles. The molecule has 0 amide bonds. The Kier molecular flexibility index (Phi) is 3.41. The van der Waals surface area contributed by atoms with E-state index in [1.165, 1.54) is 0 Å². The highest BCUT2D eigenvalue weighted by Gasteiger charge is 2.00. The van der Waals surface area contributed by atoms with E-state index in [0.29, 0.717) is 3.58 Å². The van der Waals surface area contributed by atoms with E-state index in [2.05, 4.69) is 0 Å². The van der Waals surface area contributed by atoms with Crippen LogP contribution in [-0.2, 0) is 0 Å². The van der Waals surface area contributed by atoms with E-state index in [0.717, 1.165) is 17.3 Å². The fourth-order valence-corrected chi connectivity index (χ4v) is 1.47. The van der Waals surface area contributed by atoms with Crippen LogP contribution in [0.4, 0.5) is 0 Å². The van der Waals surface area contributed by atoms with Crippen LogP contribution in [0.1, 0.15) is 11.1 Å². The Morgan fingerprint density at radius 1 is 1.46 bits per heavy atom. The van der Waals surface area contributed by atoms with Crippen molar-refractivity contribution in [1.82, 2.24) is 0 Å². The maximum absolute atomic E-state index is 10.2. The highest BCUT2D eigenvalue weighted by Crippen LogP contribution is 2.21. The predicted octanol–water partition coefficient (Wildman–Crippen LogP) is 3.01. The van der Waals surface area contributed by atoms with Crippen LogP contribution >= 0.6 is 22.6 Å². The number of hydrogen-bond donors (Lipinski definition) is 0. The number of rotatable bonds is 2. The molecule has 0 aliphatic carbocycles. The summed E-state index contributed by atoms with van der Waals surface area (Å²) >= 11 is 1.95. The second-order valence-electron chi connectivity index (χ2n) is 2.63. The van der Waals surface area contributed by atoms with Gasteiger partial charge in [-0.2, -0.15) is 0 Å². The van der Waals surface area contributed by atoms with Gasteiger partial charge >= 0.3 is 0 Å². The van der Waals surface area contributed by atoms with Gasteiger partial charge in [-0.25, -0.2) is 0 Å². The van der Waals surface area contributed by atoms with Crippen LogP contribution in [0, 0.1) is 17.0 Å². The van der Waals surface area contributed by atoms with Crippen LogP contribution in [0.15, 0.2) is 30.5 Å². The lowest BCUT2D eigenvalue weighted by molar-refractivity contribution is -0.401. The van der Waals surface area contributed by atoms with Crippen molar-refractivity contribution in [1.29, 1.82) is 0 Å². The first-order valence-corrected chi connectivity index (χ1v) is 4.75. The quantitative estimate of drug-likeness (QED) is 0.477. The molecule has 0 saturated heterocycles. The molecule has 1 rings (SSSR count). The first-order chi connectivity index (χ1) is 6.09. The summed E-state index contributed by atoms with van der Waals surface area (Å²) in [7, 11) is 0. The molecule has 0 bridgehead atoms. The number of benzene rings is 1. The Balaban J connectivity index is 2.96. The summed E-state index contributed by atoms with van der Waals surface area (Å²) in [6.07, 6.45) is 1.01.